The minimum absolute atomic E-state index is 0.307. The summed E-state index contributed by atoms with van der Waals surface area (Å²) in [5.41, 5.74) is 7.67. The molecule has 76 valence electrons. The molecule has 1 atom stereocenters. The summed E-state index contributed by atoms with van der Waals surface area (Å²) in [6, 6.07) is 8.21. The van der Waals surface area contributed by atoms with Gasteiger partial charge < -0.3 is 11.1 Å². The van der Waals surface area contributed by atoms with E-state index in [1.165, 1.54) is 5.56 Å². The molecule has 1 aromatic carbocycles. The summed E-state index contributed by atoms with van der Waals surface area (Å²) >= 11 is 4.75. The summed E-state index contributed by atoms with van der Waals surface area (Å²) in [7, 11) is 0. The zero-order valence-corrected chi connectivity index (χ0v) is 9.40. The monoisotopic (exact) mass is 208 g/mol. The molecular formula is C11H16N2S. The fraction of sp³-hybridized carbons (Fsp3) is 0.364. The van der Waals surface area contributed by atoms with Gasteiger partial charge >= 0.3 is 0 Å². The van der Waals surface area contributed by atoms with Crippen LogP contribution in [-0.2, 0) is 0 Å². The number of nitrogens with one attached hydrogen (secondary N) is 1. The van der Waals surface area contributed by atoms with Crippen LogP contribution in [0.2, 0.25) is 0 Å². The maximum Gasteiger partial charge on any atom is 0.168 e. The molecule has 0 aliphatic heterocycles. The Balaban J connectivity index is 2.73. The minimum Gasteiger partial charge on any atom is -0.376 e. The average molecular weight is 208 g/mol. The number of hydrogen-bond donors (Lipinski definition) is 2. The molecule has 2 nitrogen and oxygen atoms in total. The van der Waals surface area contributed by atoms with E-state index in [1.54, 1.807) is 0 Å². The molecule has 0 fully saturated rings. The van der Waals surface area contributed by atoms with Gasteiger partial charge in [0.25, 0.3) is 0 Å². The van der Waals surface area contributed by atoms with Gasteiger partial charge in [0.2, 0.25) is 0 Å². The molecule has 1 rings (SSSR count). The Kier molecular flexibility index (Phi) is 3.89. The van der Waals surface area contributed by atoms with Crippen LogP contribution in [-0.4, -0.2) is 5.11 Å². The van der Waals surface area contributed by atoms with Gasteiger partial charge in [-0.3, -0.25) is 0 Å². The second-order valence-corrected chi connectivity index (χ2v) is 3.86. The van der Waals surface area contributed by atoms with Crippen molar-refractivity contribution in [1.29, 1.82) is 0 Å². The lowest BCUT2D eigenvalue weighted by atomic mass is 9.99. The minimum atomic E-state index is 0.307. The highest BCUT2D eigenvalue weighted by molar-refractivity contribution is 7.80. The molecule has 0 radical (unpaired) electrons. The van der Waals surface area contributed by atoms with E-state index in [0.717, 1.165) is 12.1 Å². The molecule has 3 heteroatoms. The van der Waals surface area contributed by atoms with Crippen molar-refractivity contribution in [2.45, 2.75) is 26.2 Å². The van der Waals surface area contributed by atoms with Crippen LogP contribution in [0.4, 0.5) is 5.69 Å². The molecule has 0 aliphatic rings. The van der Waals surface area contributed by atoms with Crippen molar-refractivity contribution >= 4 is 23.0 Å². The van der Waals surface area contributed by atoms with Crippen LogP contribution in [0.3, 0.4) is 0 Å². The number of thiocarbonyl (C=S) groups is 1. The zero-order valence-electron chi connectivity index (χ0n) is 8.58. The SMILES string of the molecule is CCC(C)c1ccc(NC(N)=S)cc1. The maximum atomic E-state index is 5.37. The van der Waals surface area contributed by atoms with Gasteiger partial charge in [0, 0.05) is 5.69 Å². The molecule has 0 saturated carbocycles. The first-order valence-corrected chi connectivity index (χ1v) is 5.20. The largest absolute Gasteiger partial charge is 0.376 e. The lowest BCUT2D eigenvalue weighted by Crippen LogP contribution is -2.18. The van der Waals surface area contributed by atoms with Gasteiger partial charge in [-0.1, -0.05) is 26.0 Å². The van der Waals surface area contributed by atoms with Crippen LogP contribution in [0.25, 0.3) is 0 Å². The second kappa shape index (κ2) is 4.96. The third-order valence-corrected chi connectivity index (χ3v) is 2.46. The van der Waals surface area contributed by atoms with E-state index in [9.17, 15) is 0 Å². The van der Waals surface area contributed by atoms with Crippen LogP contribution in [0.1, 0.15) is 31.7 Å². The summed E-state index contributed by atoms with van der Waals surface area (Å²) in [5.74, 6) is 0.605. The molecule has 3 N–H and O–H groups in total. The van der Waals surface area contributed by atoms with Gasteiger partial charge in [0.05, 0.1) is 0 Å². The summed E-state index contributed by atoms with van der Waals surface area (Å²) in [6.07, 6.45) is 1.15. The van der Waals surface area contributed by atoms with Crippen LogP contribution in [0.15, 0.2) is 24.3 Å². The Labute approximate surface area is 90.5 Å². The maximum absolute atomic E-state index is 5.37. The predicted molar refractivity (Wildman–Crippen MR) is 65.6 cm³/mol. The fourth-order valence-corrected chi connectivity index (χ4v) is 1.39. The molecule has 0 saturated heterocycles. The summed E-state index contributed by atoms with van der Waals surface area (Å²) in [6.45, 7) is 4.40. The standard InChI is InChI=1S/C11H16N2S/c1-3-8(2)9-4-6-10(7-5-9)13-11(12)14/h4-8H,3H2,1-2H3,(H3,12,13,14). The van der Waals surface area contributed by atoms with Crippen molar-refractivity contribution in [2.75, 3.05) is 5.32 Å². The fourth-order valence-electron chi connectivity index (χ4n) is 1.27. The van der Waals surface area contributed by atoms with Gasteiger partial charge in [-0.15, -0.1) is 0 Å². The molecule has 0 spiro atoms. The molecule has 1 unspecified atom stereocenters. The third-order valence-electron chi connectivity index (χ3n) is 2.36. The highest BCUT2D eigenvalue weighted by Crippen LogP contribution is 2.20. The summed E-state index contributed by atoms with van der Waals surface area (Å²) in [4.78, 5) is 0. The van der Waals surface area contributed by atoms with Gasteiger partial charge in [-0.25, -0.2) is 0 Å². The summed E-state index contributed by atoms with van der Waals surface area (Å²) in [5, 5.41) is 3.20. The van der Waals surface area contributed by atoms with E-state index in [-0.39, 0.29) is 0 Å². The Bertz CT molecular complexity index is 306. The van der Waals surface area contributed by atoms with Crippen molar-refractivity contribution in [3.8, 4) is 0 Å². The van der Waals surface area contributed by atoms with Crippen LogP contribution < -0.4 is 11.1 Å². The van der Waals surface area contributed by atoms with E-state index in [1.807, 2.05) is 12.1 Å². The first-order chi connectivity index (χ1) is 6.63. The Morgan fingerprint density at radius 2 is 2.00 bits per heavy atom. The third kappa shape index (κ3) is 3.00. The van der Waals surface area contributed by atoms with E-state index < -0.39 is 0 Å². The van der Waals surface area contributed by atoms with Crippen molar-refractivity contribution < 1.29 is 0 Å². The lowest BCUT2D eigenvalue weighted by Gasteiger charge is -2.10. The topological polar surface area (TPSA) is 38.0 Å². The first-order valence-electron chi connectivity index (χ1n) is 4.80. The average Bonchev–Trinajstić information content (AvgIpc) is 2.17. The van der Waals surface area contributed by atoms with Crippen LogP contribution in [0, 0.1) is 0 Å². The second-order valence-electron chi connectivity index (χ2n) is 3.42. The predicted octanol–water partition coefficient (Wildman–Crippen LogP) is 2.86. The molecule has 0 amide bonds. The normalized spacial score (nSPS) is 12.1. The Morgan fingerprint density at radius 1 is 1.43 bits per heavy atom. The van der Waals surface area contributed by atoms with Gasteiger partial charge in [-0.2, -0.15) is 0 Å². The van der Waals surface area contributed by atoms with Crippen molar-refractivity contribution in [3.63, 3.8) is 0 Å². The van der Waals surface area contributed by atoms with Crippen LogP contribution >= 0.6 is 12.2 Å². The molecule has 1 aromatic rings. The Hall–Kier alpha value is -1.09. The highest BCUT2D eigenvalue weighted by atomic mass is 32.1. The molecule has 0 aliphatic carbocycles. The molecular weight excluding hydrogens is 192 g/mol. The molecule has 14 heavy (non-hydrogen) atoms. The summed E-state index contributed by atoms with van der Waals surface area (Å²) < 4.78 is 0. The smallest absolute Gasteiger partial charge is 0.168 e. The molecule has 0 aromatic heterocycles. The van der Waals surface area contributed by atoms with Gasteiger partial charge in [-0.05, 0) is 42.3 Å². The lowest BCUT2D eigenvalue weighted by molar-refractivity contribution is 0.734. The van der Waals surface area contributed by atoms with Crippen molar-refractivity contribution in [2.24, 2.45) is 5.73 Å². The Morgan fingerprint density at radius 3 is 2.43 bits per heavy atom. The van der Waals surface area contributed by atoms with Gasteiger partial charge in [0.15, 0.2) is 5.11 Å². The van der Waals surface area contributed by atoms with Gasteiger partial charge in [0.1, 0.15) is 0 Å². The zero-order chi connectivity index (χ0) is 10.6. The van der Waals surface area contributed by atoms with Crippen molar-refractivity contribution in [1.82, 2.24) is 0 Å². The number of benzene rings is 1. The van der Waals surface area contributed by atoms with E-state index in [4.69, 9.17) is 18.0 Å². The first kappa shape index (κ1) is 11.0. The van der Waals surface area contributed by atoms with E-state index in [2.05, 4.69) is 31.3 Å². The number of hydrogen-bond acceptors (Lipinski definition) is 1. The number of anilines is 1. The van der Waals surface area contributed by atoms with Crippen molar-refractivity contribution in [3.05, 3.63) is 29.8 Å². The van der Waals surface area contributed by atoms with E-state index >= 15 is 0 Å². The highest BCUT2D eigenvalue weighted by Gasteiger charge is 2.01. The number of nitrogens with two attached hydrogens (primary N) is 1. The van der Waals surface area contributed by atoms with Crippen LogP contribution in [0.5, 0.6) is 0 Å². The molecule has 0 heterocycles. The number of rotatable bonds is 3. The quantitative estimate of drug-likeness (QED) is 0.750. The van der Waals surface area contributed by atoms with E-state index in [0.29, 0.717) is 11.0 Å². The molecule has 0 bridgehead atoms.